The highest BCUT2D eigenvalue weighted by Gasteiger charge is 2.29. The zero-order valence-corrected chi connectivity index (χ0v) is 31.4. The minimum atomic E-state index is -1.46. The Kier molecular flexibility index (Phi) is 27.9. The second-order valence-corrected chi connectivity index (χ2v) is 14.4. The third-order valence-electron chi connectivity index (χ3n) is 7.94. The molecule has 1 aromatic carbocycles. The number of carbonyl (C=O) groups is 1. The molecule has 0 bridgehead atoms. The first-order valence-electron chi connectivity index (χ1n) is 18.5. The molecule has 9 heteroatoms. The summed E-state index contributed by atoms with van der Waals surface area (Å²) in [4.78, 5) is 12.6. The van der Waals surface area contributed by atoms with Gasteiger partial charge in [-0.3, -0.25) is 0 Å². The van der Waals surface area contributed by atoms with Gasteiger partial charge in [0.1, 0.15) is 6.61 Å². The SMILES string of the molecule is CCCCCCCCCCCCCCCCCCOC[C@H](COP(OCCC#N)N(C(C)C)C(C)C)OC(=O)OCc1ccccc1. The van der Waals surface area contributed by atoms with Gasteiger partial charge in [0.25, 0.3) is 8.53 Å². The number of hydrogen-bond donors (Lipinski definition) is 0. The number of carbonyl (C=O) groups excluding carboxylic acids is 1. The molecule has 0 saturated carbocycles. The van der Waals surface area contributed by atoms with E-state index in [4.69, 9.17) is 28.5 Å². The summed E-state index contributed by atoms with van der Waals surface area (Å²) < 4.78 is 31.4. The standard InChI is InChI=1S/C38H67N2O6P/c1-6-7-8-9-10-11-12-13-14-15-16-17-18-19-20-24-29-42-32-37(46-38(41)43-31-36-26-22-21-23-27-36)33-45-47(44-30-25-28-39)40(34(2)3)35(4)5/h21-23,26-27,34-35,37H,6-20,24-25,29-33H2,1-5H3/t37-,47?/m1/s1. The van der Waals surface area contributed by atoms with Crippen LogP contribution in [0.3, 0.4) is 0 Å². The highest BCUT2D eigenvalue weighted by atomic mass is 31.2. The molecule has 0 aliphatic heterocycles. The molecule has 8 nitrogen and oxygen atoms in total. The minimum Gasteiger partial charge on any atom is -0.429 e. The van der Waals surface area contributed by atoms with Gasteiger partial charge in [-0.25, -0.2) is 9.46 Å². The Balaban J connectivity index is 2.40. The monoisotopic (exact) mass is 678 g/mol. The van der Waals surface area contributed by atoms with Crippen molar-refractivity contribution in [2.75, 3.05) is 26.4 Å². The molecule has 2 atom stereocenters. The van der Waals surface area contributed by atoms with Crippen molar-refractivity contribution in [3.8, 4) is 6.07 Å². The second-order valence-electron chi connectivity index (χ2n) is 13.0. The Bertz CT molecular complexity index is 890. The van der Waals surface area contributed by atoms with Crippen molar-refractivity contribution in [2.24, 2.45) is 0 Å². The molecule has 1 rings (SSSR count). The lowest BCUT2D eigenvalue weighted by Crippen LogP contribution is -2.35. The summed E-state index contributed by atoms with van der Waals surface area (Å²) in [5.74, 6) is 0. The molecule has 0 amide bonds. The van der Waals surface area contributed by atoms with Crippen molar-refractivity contribution < 1.29 is 28.1 Å². The Labute approximate surface area is 289 Å². The Hall–Kier alpha value is -1.75. The number of hydrogen-bond acceptors (Lipinski definition) is 8. The molecule has 0 radical (unpaired) electrons. The first-order valence-corrected chi connectivity index (χ1v) is 19.7. The maximum absolute atomic E-state index is 12.6. The second kappa shape index (κ2) is 30.3. The molecular formula is C38H67N2O6P. The number of nitrogens with zero attached hydrogens (tertiary/aromatic N) is 2. The summed E-state index contributed by atoms with van der Waals surface area (Å²) in [7, 11) is -1.46. The van der Waals surface area contributed by atoms with E-state index >= 15 is 0 Å². The summed E-state index contributed by atoms with van der Waals surface area (Å²) in [5, 5.41) is 9.00. The first kappa shape index (κ1) is 43.3. The number of unbranched alkanes of at least 4 members (excludes halogenated alkanes) is 15. The van der Waals surface area contributed by atoms with E-state index in [1.165, 1.54) is 89.9 Å². The van der Waals surface area contributed by atoms with Crippen molar-refractivity contribution in [3.63, 3.8) is 0 Å². The molecule has 47 heavy (non-hydrogen) atoms. The average Bonchev–Trinajstić information content (AvgIpc) is 3.05. The van der Waals surface area contributed by atoms with Gasteiger partial charge < -0.3 is 23.3 Å². The third-order valence-corrected chi connectivity index (χ3v) is 10.0. The number of nitriles is 1. The van der Waals surface area contributed by atoms with E-state index in [-0.39, 0.29) is 44.9 Å². The lowest BCUT2D eigenvalue weighted by atomic mass is 10.0. The smallest absolute Gasteiger partial charge is 0.429 e. The summed E-state index contributed by atoms with van der Waals surface area (Å²) >= 11 is 0. The molecule has 0 aromatic heterocycles. The van der Waals surface area contributed by atoms with Crippen molar-refractivity contribution in [3.05, 3.63) is 35.9 Å². The van der Waals surface area contributed by atoms with E-state index in [0.29, 0.717) is 6.61 Å². The molecule has 0 aliphatic rings. The predicted molar refractivity (Wildman–Crippen MR) is 193 cm³/mol. The Morgan fingerprint density at radius 3 is 1.79 bits per heavy atom. The van der Waals surface area contributed by atoms with Crippen LogP contribution in [0.5, 0.6) is 0 Å². The third kappa shape index (κ3) is 24.1. The normalized spacial score (nSPS) is 12.8. The molecule has 270 valence electrons. The van der Waals surface area contributed by atoms with Crippen LogP contribution in [-0.4, -0.2) is 55.4 Å². The lowest BCUT2D eigenvalue weighted by Gasteiger charge is -2.36. The van der Waals surface area contributed by atoms with E-state index < -0.39 is 20.8 Å². The number of benzene rings is 1. The van der Waals surface area contributed by atoms with Gasteiger partial charge in [-0.05, 0) is 39.7 Å². The molecule has 0 spiro atoms. The van der Waals surface area contributed by atoms with Gasteiger partial charge in [0.2, 0.25) is 0 Å². The predicted octanol–water partition coefficient (Wildman–Crippen LogP) is 11.3. The van der Waals surface area contributed by atoms with Gasteiger partial charge in [-0.1, -0.05) is 134 Å². The summed E-state index contributed by atoms with van der Waals surface area (Å²) in [6.45, 7) is 11.9. The summed E-state index contributed by atoms with van der Waals surface area (Å²) in [6, 6.07) is 12.0. The molecule has 0 heterocycles. The molecule has 0 N–H and O–H groups in total. The van der Waals surface area contributed by atoms with Gasteiger partial charge in [0.05, 0.1) is 32.3 Å². The summed E-state index contributed by atoms with van der Waals surface area (Å²) in [6.07, 6.45) is 20.1. The van der Waals surface area contributed by atoms with Crippen LogP contribution in [0.4, 0.5) is 4.79 Å². The van der Waals surface area contributed by atoms with Gasteiger partial charge in [-0.2, -0.15) is 5.26 Å². The van der Waals surface area contributed by atoms with Crippen LogP contribution in [-0.2, 0) is 29.9 Å². The van der Waals surface area contributed by atoms with E-state index in [0.717, 1.165) is 18.4 Å². The molecule has 0 aliphatic carbocycles. The Morgan fingerprint density at radius 1 is 0.745 bits per heavy atom. The van der Waals surface area contributed by atoms with Crippen LogP contribution in [0, 0.1) is 11.3 Å². The van der Waals surface area contributed by atoms with Gasteiger partial charge in [-0.15, -0.1) is 0 Å². The number of rotatable bonds is 31. The molecule has 0 saturated heterocycles. The molecule has 0 fully saturated rings. The fraction of sp³-hybridized carbons (Fsp3) is 0.789. The average molecular weight is 679 g/mol. The fourth-order valence-electron chi connectivity index (χ4n) is 5.43. The van der Waals surface area contributed by atoms with Crippen molar-refractivity contribution in [1.82, 2.24) is 4.67 Å². The van der Waals surface area contributed by atoms with E-state index in [2.05, 4.69) is 45.4 Å². The lowest BCUT2D eigenvalue weighted by molar-refractivity contribution is -0.0368. The highest BCUT2D eigenvalue weighted by molar-refractivity contribution is 7.44. The first-order chi connectivity index (χ1) is 22.9. The Morgan fingerprint density at radius 2 is 1.28 bits per heavy atom. The van der Waals surface area contributed by atoms with Crippen LogP contribution >= 0.6 is 8.53 Å². The van der Waals surface area contributed by atoms with Crippen molar-refractivity contribution in [2.45, 2.75) is 169 Å². The van der Waals surface area contributed by atoms with Crippen LogP contribution in [0.25, 0.3) is 0 Å². The zero-order chi connectivity index (χ0) is 34.4. The zero-order valence-electron chi connectivity index (χ0n) is 30.5. The van der Waals surface area contributed by atoms with Gasteiger partial charge in [0.15, 0.2) is 6.10 Å². The molecular weight excluding hydrogens is 611 g/mol. The van der Waals surface area contributed by atoms with E-state index in [1.807, 2.05) is 30.3 Å². The molecule has 1 unspecified atom stereocenters. The van der Waals surface area contributed by atoms with Gasteiger partial charge >= 0.3 is 6.16 Å². The fourth-order valence-corrected chi connectivity index (χ4v) is 7.07. The van der Waals surface area contributed by atoms with E-state index in [9.17, 15) is 4.79 Å². The van der Waals surface area contributed by atoms with Gasteiger partial charge in [0, 0.05) is 18.7 Å². The minimum absolute atomic E-state index is 0.105. The van der Waals surface area contributed by atoms with Crippen LogP contribution < -0.4 is 0 Å². The summed E-state index contributed by atoms with van der Waals surface area (Å²) in [5.41, 5.74) is 0.885. The maximum Gasteiger partial charge on any atom is 0.509 e. The number of ether oxygens (including phenoxy) is 3. The van der Waals surface area contributed by atoms with Crippen LogP contribution in [0.2, 0.25) is 0 Å². The van der Waals surface area contributed by atoms with Crippen LogP contribution in [0.1, 0.15) is 149 Å². The quantitative estimate of drug-likeness (QED) is 0.0435. The highest BCUT2D eigenvalue weighted by Crippen LogP contribution is 2.46. The van der Waals surface area contributed by atoms with Crippen LogP contribution in [0.15, 0.2) is 30.3 Å². The molecule has 1 aromatic rings. The van der Waals surface area contributed by atoms with E-state index in [1.54, 1.807) is 0 Å². The largest absolute Gasteiger partial charge is 0.509 e. The van der Waals surface area contributed by atoms with Crippen molar-refractivity contribution in [1.29, 1.82) is 5.26 Å². The maximum atomic E-state index is 12.6. The van der Waals surface area contributed by atoms with Crippen molar-refractivity contribution >= 4 is 14.7 Å². The topological polar surface area (TPSA) is 90.3 Å².